The molecule has 41 heavy (non-hydrogen) atoms. The number of hydrogen-bond acceptors (Lipinski definition) is 9. The van der Waals surface area contributed by atoms with Crippen LogP contribution in [-0.4, -0.2) is 47.6 Å². The van der Waals surface area contributed by atoms with E-state index in [1.54, 1.807) is 43.3 Å². The van der Waals surface area contributed by atoms with Gasteiger partial charge in [0.05, 0.1) is 31.0 Å². The van der Waals surface area contributed by atoms with Crippen molar-refractivity contribution in [1.82, 2.24) is 4.98 Å². The number of aliphatic hydroxyl groups is 1. The number of hydrogen-bond donors (Lipinski definition) is 1. The number of benzene rings is 2. The quantitative estimate of drug-likeness (QED) is 0.112. The van der Waals surface area contributed by atoms with Gasteiger partial charge in [-0.25, -0.2) is 9.78 Å². The van der Waals surface area contributed by atoms with Crippen LogP contribution < -0.4 is 14.4 Å². The van der Waals surface area contributed by atoms with Crippen molar-refractivity contribution in [3.63, 3.8) is 0 Å². The number of nitrogens with zero attached hydrogens (tertiary/aromatic N) is 2. The number of thiazole rings is 1. The molecular weight excluding hydrogens is 544 g/mol. The number of anilines is 1. The number of aliphatic hydroxyl groups excluding tert-OH is 1. The lowest BCUT2D eigenvalue weighted by Gasteiger charge is -2.23. The number of fused-ring (bicyclic) bond motifs is 1. The number of esters is 1. The van der Waals surface area contributed by atoms with Crippen LogP contribution >= 0.6 is 11.3 Å². The molecule has 3 heterocycles. The van der Waals surface area contributed by atoms with Crippen molar-refractivity contribution < 1.29 is 33.7 Å². The second-order valence-electron chi connectivity index (χ2n) is 10.2. The molecule has 214 valence electrons. The summed E-state index contributed by atoms with van der Waals surface area (Å²) in [5, 5.41) is 11.7. The van der Waals surface area contributed by atoms with Crippen LogP contribution in [0.15, 0.2) is 48.0 Å². The van der Waals surface area contributed by atoms with Gasteiger partial charge in [0.1, 0.15) is 28.2 Å². The van der Waals surface area contributed by atoms with Crippen molar-refractivity contribution >= 4 is 39.9 Å². The maximum Gasteiger partial charge on any atom is 0.350 e. The molecule has 3 aromatic rings. The average Bonchev–Trinajstić information content (AvgIpc) is 3.62. The summed E-state index contributed by atoms with van der Waals surface area (Å²) in [5.74, 6) is -1.27. The molecule has 0 spiro atoms. The highest BCUT2D eigenvalue weighted by Gasteiger charge is 2.48. The van der Waals surface area contributed by atoms with Crippen molar-refractivity contribution in [3.8, 4) is 11.5 Å². The molecule has 1 aromatic heterocycles. The summed E-state index contributed by atoms with van der Waals surface area (Å²) in [7, 11) is 1.27. The summed E-state index contributed by atoms with van der Waals surface area (Å²) >= 11 is 0.958. The lowest BCUT2D eigenvalue weighted by molar-refractivity contribution is -0.132. The lowest BCUT2D eigenvalue weighted by Crippen LogP contribution is -2.29. The number of amides is 1. The van der Waals surface area contributed by atoms with Gasteiger partial charge < -0.3 is 19.3 Å². The summed E-state index contributed by atoms with van der Waals surface area (Å²) in [6.45, 7) is 6.24. The zero-order valence-electron chi connectivity index (χ0n) is 23.4. The normalized spacial score (nSPS) is 19.3. The predicted molar refractivity (Wildman–Crippen MR) is 155 cm³/mol. The summed E-state index contributed by atoms with van der Waals surface area (Å²) in [6, 6.07) is 11.3. The first-order chi connectivity index (χ1) is 19.7. The fourth-order valence-corrected chi connectivity index (χ4v) is 6.17. The molecule has 0 unspecified atom stereocenters. The molecule has 2 aliphatic heterocycles. The minimum absolute atomic E-state index is 0.00481. The van der Waals surface area contributed by atoms with Crippen LogP contribution in [0.3, 0.4) is 0 Å². The second kappa shape index (κ2) is 11.7. The molecule has 9 nitrogen and oxygen atoms in total. The number of unbranched alkanes of at least 4 members (excludes halogenated alkanes) is 2. The number of methoxy groups -OCH3 is 1. The number of aromatic nitrogens is 1. The molecule has 2 aromatic carbocycles. The van der Waals surface area contributed by atoms with E-state index in [1.807, 2.05) is 13.0 Å². The topological polar surface area (TPSA) is 115 Å². The van der Waals surface area contributed by atoms with E-state index >= 15 is 0 Å². The van der Waals surface area contributed by atoms with Crippen LogP contribution in [0.2, 0.25) is 0 Å². The molecule has 1 saturated heterocycles. The van der Waals surface area contributed by atoms with Gasteiger partial charge in [-0.2, -0.15) is 0 Å². The minimum atomic E-state index is -1.01. The molecule has 1 N–H and O–H groups in total. The van der Waals surface area contributed by atoms with Crippen LogP contribution in [-0.2, 0) is 20.7 Å². The van der Waals surface area contributed by atoms with E-state index in [0.717, 1.165) is 41.9 Å². The smallest absolute Gasteiger partial charge is 0.350 e. The fourth-order valence-electron chi connectivity index (χ4n) is 5.15. The molecule has 1 amide bonds. The Kier molecular flexibility index (Phi) is 8.12. The van der Waals surface area contributed by atoms with Crippen molar-refractivity contribution in [2.24, 2.45) is 0 Å². The highest BCUT2D eigenvalue weighted by Crippen LogP contribution is 2.45. The number of carbonyl (C=O) groups is 3. The Morgan fingerprint density at radius 2 is 2.00 bits per heavy atom. The van der Waals surface area contributed by atoms with E-state index < -0.39 is 23.7 Å². The summed E-state index contributed by atoms with van der Waals surface area (Å²) in [6.07, 6.45) is 3.67. The maximum atomic E-state index is 13.6. The Morgan fingerprint density at radius 3 is 2.76 bits per heavy atom. The number of aryl methyl sites for hydroxylation is 1. The van der Waals surface area contributed by atoms with E-state index in [9.17, 15) is 19.5 Å². The molecule has 2 atom stereocenters. The van der Waals surface area contributed by atoms with E-state index in [-0.39, 0.29) is 27.4 Å². The Bertz CT molecular complexity index is 1540. The standard InChI is InChI=1S/C31H32N2O7S/c1-5-6-7-13-39-22-10-8-9-19(16-22)25-24(26(34)20-11-12-23-21(15-20)14-17(2)40-23)27(35)29(36)33(25)31-32-18(3)28(41-31)30(37)38-4/h8-12,15-17,25,34H,5-7,13-14H2,1-4H3/t17-,25-/m0/s1. The summed E-state index contributed by atoms with van der Waals surface area (Å²) in [5.41, 5.74) is 2.18. The van der Waals surface area contributed by atoms with Gasteiger partial charge in [-0.3, -0.25) is 14.5 Å². The zero-order valence-corrected chi connectivity index (χ0v) is 24.2. The SMILES string of the molecule is CCCCCOc1cccc([C@H]2C(=C(O)c3ccc4c(c3)C[C@H](C)O4)C(=O)C(=O)N2c2nc(C)c(C(=O)OC)s2)c1. The number of ether oxygens (including phenoxy) is 3. The van der Waals surface area contributed by atoms with Gasteiger partial charge in [-0.1, -0.05) is 43.2 Å². The van der Waals surface area contributed by atoms with E-state index in [4.69, 9.17) is 14.2 Å². The van der Waals surface area contributed by atoms with Gasteiger partial charge in [-0.15, -0.1) is 0 Å². The van der Waals surface area contributed by atoms with Crippen LogP contribution in [0.25, 0.3) is 5.76 Å². The van der Waals surface area contributed by atoms with Crippen molar-refractivity contribution in [1.29, 1.82) is 0 Å². The second-order valence-corrected chi connectivity index (χ2v) is 11.1. The van der Waals surface area contributed by atoms with Crippen LogP contribution in [0.1, 0.15) is 71.2 Å². The Balaban J connectivity index is 1.63. The Morgan fingerprint density at radius 1 is 1.20 bits per heavy atom. The van der Waals surface area contributed by atoms with Crippen LogP contribution in [0, 0.1) is 6.92 Å². The highest BCUT2D eigenvalue weighted by atomic mass is 32.1. The number of rotatable bonds is 9. The third kappa shape index (κ3) is 5.44. The first kappa shape index (κ1) is 28.4. The monoisotopic (exact) mass is 576 g/mol. The summed E-state index contributed by atoms with van der Waals surface area (Å²) < 4.78 is 16.6. The van der Waals surface area contributed by atoms with Gasteiger partial charge in [0.15, 0.2) is 5.13 Å². The molecular formula is C31H32N2O7S. The predicted octanol–water partition coefficient (Wildman–Crippen LogP) is 5.76. The third-order valence-electron chi connectivity index (χ3n) is 7.17. The van der Waals surface area contributed by atoms with E-state index in [1.165, 1.54) is 12.0 Å². The molecule has 0 saturated carbocycles. The highest BCUT2D eigenvalue weighted by molar-refractivity contribution is 7.17. The first-order valence-electron chi connectivity index (χ1n) is 13.6. The van der Waals surface area contributed by atoms with Gasteiger partial charge in [-0.05, 0) is 61.7 Å². The number of carbonyl (C=O) groups excluding carboxylic acids is 3. The van der Waals surface area contributed by atoms with Gasteiger partial charge in [0, 0.05) is 12.0 Å². The molecule has 0 bridgehead atoms. The number of Topliss-reactive ketones (excluding diaryl/α,β-unsaturated/α-hetero) is 1. The van der Waals surface area contributed by atoms with E-state index in [2.05, 4.69) is 11.9 Å². The Hall–Kier alpha value is -4.18. The molecule has 0 aliphatic carbocycles. The summed E-state index contributed by atoms with van der Waals surface area (Å²) in [4.78, 5) is 45.4. The van der Waals surface area contributed by atoms with Gasteiger partial charge in [0.25, 0.3) is 5.78 Å². The molecule has 1 fully saturated rings. The molecule has 2 aliphatic rings. The third-order valence-corrected chi connectivity index (χ3v) is 8.30. The van der Waals surface area contributed by atoms with Crippen LogP contribution in [0.4, 0.5) is 5.13 Å². The fraction of sp³-hybridized carbons (Fsp3) is 0.355. The van der Waals surface area contributed by atoms with Crippen molar-refractivity contribution in [2.75, 3.05) is 18.6 Å². The van der Waals surface area contributed by atoms with Crippen molar-refractivity contribution in [3.05, 3.63) is 75.3 Å². The minimum Gasteiger partial charge on any atom is -0.507 e. The van der Waals surface area contributed by atoms with Crippen LogP contribution in [0.5, 0.6) is 11.5 Å². The number of ketones is 1. The van der Waals surface area contributed by atoms with Gasteiger partial charge >= 0.3 is 11.9 Å². The van der Waals surface area contributed by atoms with E-state index in [0.29, 0.717) is 35.6 Å². The lowest BCUT2D eigenvalue weighted by atomic mass is 9.94. The maximum absolute atomic E-state index is 13.6. The molecule has 10 heteroatoms. The largest absolute Gasteiger partial charge is 0.507 e. The Labute approximate surface area is 242 Å². The van der Waals surface area contributed by atoms with Gasteiger partial charge in [0.2, 0.25) is 0 Å². The zero-order chi connectivity index (χ0) is 29.3. The first-order valence-corrected chi connectivity index (χ1v) is 14.4. The molecule has 5 rings (SSSR count). The molecule has 0 radical (unpaired) electrons. The van der Waals surface area contributed by atoms with Crippen molar-refractivity contribution in [2.45, 2.75) is 58.6 Å². The average molecular weight is 577 g/mol.